The molecule has 138 valence electrons. The first kappa shape index (κ1) is 18.2. The summed E-state index contributed by atoms with van der Waals surface area (Å²) in [6, 6.07) is 8.18. The normalized spacial score (nSPS) is 13.7. The minimum absolute atomic E-state index is 0.0246. The van der Waals surface area contributed by atoms with Gasteiger partial charge in [-0.3, -0.25) is 15.0 Å². The molecule has 1 heterocycles. The van der Waals surface area contributed by atoms with E-state index in [2.05, 4.69) is 5.32 Å². The highest BCUT2D eigenvalue weighted by Gasteiger charge is 2.20. The molecule has 1 aromatic carbocycles. The molecule has 0 saturated heterocycles. The third-order valence-corrected chi connectivity index (χ3v) is 5.38. The summed E-state index contributed by atoms with van der Waals surface area (Å²) in [6.45, 7) is 0.0246. The van der Waals surface area contributed by atoms with Crippen molar-refractivity contribution < 1.29 is 22.4 Å². The lowest BCUT2D eigenvalue weighted by molar-refractivity contribution is -0.139. The molecule has 3 rings (SSSR count). The van der Waals surface area contributed by atoms with Crippen LogP contribution >= 0.6 is 0 Å². The van der Waals surface area contributed by atoms with Crippen molar-refractivity contribution >= 4 is 21.8 Å². The van der Waals surface area contributed by atoms with E-state index in [1.165, 1.54) is 12.3 Å². The molecule has 0 spiro atoms. The van der Waals surface area contributed by atoms with Crippen LogP contribution in [-0.4, -0.2) is 20.2 Å². The van der Waals surface area contributed by atoms with Crippen LogP contribution in [0.3, 0.4) is 0 Å². The number of carbonyl (C=O) groups excluding carboxylic acids is 2. The molecule has 0 aliphatic heterocycles. The molecule has 1 aliphatic carbocycles. The summed E-state index contributed by atoms with van der Waals surface area (Å²) < 4.78 is 29.7. The number of carbonyl (C=O) groups is 2. The van der Waals surface area contributed by atoms with Crippen molar-refractivity contribution in [2.75, 3.05) is 0 Å². The van der Waals surface area contributed by atoms with Crippen molar-refractivity contribution in [3.63, 3.8) is 0 Å². The Morgan fingerprint density at radius 2 is 1.81 bits per heavy atom. The zero-order valence-electron chi connectivity index (χ0n) is 13.9. The van der Waals surface area contributed by atoms with Crippen LogP contribution in [0.4, 0.5) is 0 Å². The van der Waals surface area contributed by atoms with Gasteiger partial charge in [0.15, 0.2) is 0 Å². The number of furan rings is 1. The van der Waals surface area contributed by atoms with Crippen molar-refractivity contribution in [2.45, 2.75) is 37.1 Å². The summed E-state index contributed by atoms with van der Waals surface area (Å²) >= 11 is 0. The summed E-state index contributed by atoms with van der Waals surface area (Å²) in [4.78, 5) is 25.4. The van der Waals surface area contributed by atoms with E-state index >= 15 is 0 Å². The Kier molecular flexibility index (Phi) is 5.38. The first-order valence-electron chi connectivity index (χ1n) is 8.20. The van der Waals surface area contributed by atoms with Crippen molar-refractivity contribution in [1.82, 2.24) is 15.6 Å². The lowest BCUT2D eigenvalue weighted by atomic mass is 9.92. The van der Waals surface area contributed by atoms with Crippen LogP contribution in [-0.2, 0) is 39.0 Å². The van der Waals surface area contributed by atoms with Gasteiger partial charge in [-0.2, -0.15) is 0 Å². The largest absolute Gasteiger partial charge is 0.467 e. The monoisotopic (exact) mass is 377 g/mol. The van der Waals surface area contributed by atoms with E-state index in [1.807, 2.05) is 10.3 Å². The van der Waals surface area contributed by atoms with Gasteiger partial charge in [0.1, 0.15) is 5.76 Å². The lowest BCUT2D eigenvalue weighted by Gasteiger charge is -2.16. The number of aryl methyl sites for hydroxylation is 2. The predicted molar refractivity (Wildman–Crippen MR) is 92.1 cm³/mol. The van der Waals surface area contributed by atoms with Crippen molar-refractivity contribution in [2.24, 2.45) is 0 Å². The van der Waals surface area contributed by atoms with Crippen LogP contribution in [0.15, 0.2) is 45.9 Å². The van der Waals surface area contributed by atoms with E-state index in [0.717, 1.165) is 36.8 Å². The Bertz CT molecular complexity index is 906. The molecule has 0 fully saturated rings. The number of hydrazine groups is 1. The third kappa shape index (κ3) is 4.30. The maximum absolute atomic E-state index is 12.3. The van der Waals surface area contributed by atoms with Gasteiger partial charge in [0.2, 0.25) is 0 Å². The molecule has 26 heavy (non-hydrogen) atoms. The number of fused-ring (bicyclic) bond motifs is 1. The molecular formula is C17H19N3O5S. The van der Waals surface area contributed by atoms with Crippen LogP contribution in [0.25, 0.3) is 0 Å². The zero-order valence-corrected chi connectivity index (χ0v) is 14.8. The van der Waals surface area contributed by atoms with Gasteiger partial charge in [-0.1, -0.05) is 6.07 Å². The number of nitrogens with one attached hydrogen (secondary N) is 3. The summed E-state index contributed by atoms with van der Waals surface area (Å²) in [5, 5.41) is 2.32. The van der Waals surface area contributed by atoms with Gasteiger partial charge in [0, 0.05) is 0 Å². The number of rotatable bonds is 5. The molecule has 2 aromatic rings. The SMILES string of the molecule is O=C(NCc1ccco1)C(=O)NNS(=O)(=O)c1ccc2c(c1)CCCC2. The lowest BCUT2D eigenvalue weighted by Crippen LogP contribution is -2.48. The van der Waals surface area contributed by atoms with Crippen LogP contribution in [0.5, 0.6) is 0 Å². The zero-order chi connectivity index (χ0) is 18.6. The Hall–Kier alpha value is -2.65. The van der Waals surface area contributed by atoms with Crippen LogP contribution < -0.4 is 15.6 Å². The van der Waals surface area contributed by atoms with Gasteiger partial charge in [-0.25, -0.2) is 8.42 Å². The molecule has 1 aromatic heterocycles. The Labute approximate surface area is 151 Å². The highest BCUT2D eigenvalue weighted by atomic mass is 32.2. The molecule has 2 amide bonds. The maximum Gasteiger partial charge on any atom is 0.324 e. The van der Waals surface area contributed by atoms with Crippen molar-refractivity contribution in [3.8, 4) is 0 Å². The van der Waals surface area contributed by atoms with Crippen molar-refractivity contribution in [1.29, 1.82) is 0 Å². The summed E-state index contributed by atoms with van der Waals surface area (Å²) in [5.74, 6) is -1.62. The second-order valence-electron chi connectivity index (χ2n) is 5.96. The second-order valence-corrected chi connectivity index (χ2v) is 7.64. The summed E-state index contributed by atoms with van der Waals surface area (Å²) in [7, 11) is -3.96. The minimum Gasteiger partial charge on any atom is -0.467 e. The molecule has 0 unspecified atom stereocenters. The number of benzene rings is 1. The van der Waals surface area contributed by atoms with Gasteiger partial charge in [0.25, 0.3) is 10.0 Å². The molecule has 0 radical (unpaired) electrons. The molecule has 0 atom stereocenters. The molecule has 3 N–H and O–H groups in total. The van der Waals surface area contributed by atoms with E-state index in [9.17, 15) is 18.0 Å². The Morgan fingerprint density at radius 1 is 1.04 bits per heavy atom. The Morgan fingerprint density at radius 3 is 2.54 bits per heavy atom. The number of amides is 2. The molecule has 9 heteroatoms. The fourth-order valence-electron chi connectivity index (χ4n) is 2.77. The highest BCUT2D eigenvalue weighted by molar-refractivity contribution is 7.89. The first-order valence-corrected chi connectivity index (χ1v) is 9.68. The molecule has 8 nitrogen and oxygen atoms in total. The van der Waals surface area contributed by atoms with Crippen LogP contribution in [0, 0.1) is 0 Å². The number of hydrogen-bond acceptors (Lipinski definition) is 5. The van der Waals surface area contributed by atoms with Gasteiger partial charge < -0.3 is 9.73 Å². The average molecular weight is 377 g/mol. The van der Waals surface area contributed by atoms with E-state index < -0.39 is 21.8 Å². The molecule has 0 bridgehead atoms. The summed E-state index contributed by atoms with van der Waals surface area (Å²) in [6.07, 6.45) is 5.33. The number of hydrogen-bond donors (Lipinski definition) is 3. The van der Waals surface area contributed by atoms with Crippen LogP contribution in [0.2, 0.25) is 0 Å². The van der Waals surface area contributed by atoms with Gasteiger partial charge in [-0.05, 0) is 61.1 Å². The van der Waals surface area contributed by atoms with Gasteiger partial charge >= 0.3 is 11.8 Å². The quantitative estimate of drug-likeness (QED) is 0.526. The molecule has 1 aliphatic rings. The topological polar surface area (TPSA) is 118 Å². The fourth-order valence-corrected chi connectivity index (χ4v) is 3.66. The standard InChI is InChI=1S/C17H19N3O5S/c21-16(18-11-14-6-3-9-25-14)17(22)19-20-26(23,24)15-8-7-12-4-1-2-5-13(12)10-15/h3,6-10,20H,1-2,4-5,11H2,(H,18,21)(H,19,22). The van der Waals surface area contributed by atoms with E-state index in [4.69, 9.17) is 4.42 Å². The van der Waals surface area contributed by atoms with Gasteiger partial charge in [0.05, 0.1) is 17.7 Å². The predicted octanol–water partition coefficient (Wildman–Crippen LogP) is 0.784. The third-order valence-electron chi connectivity index (χ3n) is 4.14. The second kappa shape index (κ2) is 7.71. The maximum atomic E-state index is 12.3. The highest BCUT2D eigenvalue weighted by Crippen LogP contribution is 2.23. The van der Waals surface area contributed by atoms with E-state index in [0.29, 0.717) is 5.76 Å². The number of sulfonamides is 1. The summed E-state index contributed by atoms with van der Waals surface area (Å²) in [5.41, 5.74) is 4.06. The smallest absolute Gasteiger partial charge is 0.324 e. The molecular weight excluding hydrogens is 358 g/mol. The van der Waals surface area contributed by atoms with E-state index in [1.54, 1.807) is 24.3 Å². The van der Waals surface area contributed by atoms with Crippen molar-refractivity contribution in [3.05, 3.63) is 53.5 Å². The fraction of sp³-hybridized carbons (Fsp3) is 0.294. The van der Waals surface area contributed by atoms with E-state index in [-0.39, 0.29) is 11.4 Å². The van der Waals surface area contributed by atoms with Crippen LogP contribution in [0.1, 0.15) is 29.7 Å². The minimum atomic E-state index is -3.96. The first-order chi connectivity index (χ1) is 12.5. The Balaban J connectivity index is 1.57. The average Bonchev–Trinajstić information content (AvgIpc) is 3.17. The molecule has 0 saturated carbocycles. The van der Waals surface area contributed by atoms with Gasteiger partial charge in [-0.15, -0.1) is 4.83 Å².